The first kappa shape index (κ1) is 32.5. The molecule has 12 heteroatoms. The van der Waals surface area contributed by atoms with Crippen LogP contribution in [0.4, 0.5) is 11.5 Å². The summed E-state index contributed by atoms with van der Waals surface area (Å²) in [5.41, 5.74) is 0.925. The highest BCUT2D eigenvalue weighted by molar-refractivity contribution is 7.18. The molecular formula is C34H44N5O6S+. The van der Waals surface area contributed by atoms with Gasteiger partial charge in [-0.1, -0.05) is 37.3 Å². The molecule has 246 valence electrons. The van der Waals surface area contributed by atoms with Gasteiger partial charge in [-0.15, -0.1) is 11.3 Å². The lowest BCUT2D eigenvalue weighted by atomic mass is 9.82. The molecule has 0 radical (unpaired) electrons. The third-order valence-corrected chi connectivity index (χ3v) is 11.0. The Kier molecular flexibility index (Phi) is 10.00. The van der Waals surface area contributed by atoms with Crippen LogP contribution in [0, 0.1) is 11.8 Å². The van der Waals surface area contributed by atoms with Gasteiger partial charge in [-0.2, -0.15) is 4.98 Å². The average Bonchev–Trinajstić information content (AvgIpc) is 3.66. The number of hydrogen-bond acceptors (Lipinski definition) is 8. The lowest BCUT2D eigenvalue weighted by Gasteiger charge is -2.38. The number of piperidine rings is 1. The van der Waals surface area contributed by atoms with Gasteiger partial charge < -0.3 is 30.1 Å². The molecule has 1 aromatic carbocycles. The SMILES string of the molecule is CC1CCC(C(=O)N(c2cc(-c3ccccc3)sc2C(=O)Nc2ccn([C@H]3C[C@H](O)[C@@H](CO)O3)c(=O)n2)C2CC[NH+](C)CC2)CC1. The number of benzene rings is 1. The second-order valence-corrected chi connectivity index (χ2v) is 14.2. The molecule has 2 saturated heterocycles. The Morgan fingerprint density at radius 1 is 1.11 bits per heavy atom. The Balaban J connectivity index is 1.33. The first-order chi connectivity index (χ1) is 22.2. The molecule has 2 aliphatic heterocycles. The molecule has 3 atom stereocenters. The molecule has 3 aliphatic rings. The van der Waals surface area contributed by atoms with Crippen molar-refractivity contribution in [1.29, 1.82) is 0 Å². The van der Waals surface area contributed by atoms with E-state index in [4.69, 9.17) is 4.74 Å². The standard InChI is InChI=1S/C34H43N5O6S/c1-21-8-10-23(11-9-21)33(43)39(24-12-15-37(2)16-13-24)25-18-28(22-6-4-3-5-7-22)46-31(25)32(42)35-29-14-17-38(34(44)36-29)30-19-26(41)27(20-40)45-30/h3-7,14,17-18,21,23-24,26-27,30,40-41H,8-13,15-16,19-20H2,1-2H3,(H,35,36,42,44)/p+1/t21?,23?,26-,27+,30+/m0/s1. The van der Waals surface area contributed by atoms with Crippen LogP contribution < -0.4 is 20.8 Å². The molecule has 1 aliphatic carbocycles. The zero-order valence-corrected chi connectivity index (χ0v) is 27.2. The predicted octanol–water partition coefficient (Wildman–Crippen LogP) is 2.70. The highest BCUT2D eigenvalue weighted by Crippen LogP contribution is 2.41. The van der Waals surface area contributed by atoms with Crippen LogP contribution in [0.1, 0.15) is 67.8 Å². The van der Waals surface area contributed by atoms with E-state index >= 15 is 0 Å². The molecule has 1 saturated carbocycles. The van der Waals surface area contributed by atoms with Gasteiger partial charge in [-0.25, -0.2) is 4.79 Å². The number of aliphatic hydroxyl groups excluding tert-OH is 2. The Morgan fingerprint density at radius 3 is 2.48 bits per heavy atom. The predicted molar refractivity (Wildman–Crippen MR) is 176 cm³/mol. The van der Waals surface area contributed by atoms with Crippen molar-refractivity contribution in [2.24, 2.45) is 11.8 Å². The van der Waals surface area contributed by atoms with Gasteiger partial charge in [-0.3, -0.25) is 14.2 Å². The largest absolute Gasteiger partial charge is 0.394 e. The van der Waals surface area contributed by atoms with E-state index in [1.54, 1.807) is 0 Å². The Bertz CT molecular complexity index is 1580. The maximum Gasteiger partial charge on any atom is 0.351 e. The van der Waals surface area contributed by atoms with Crippen molar-refractivity contribution in [1.82, 2.24) is 9.55 Å². The summed E-state index contributed by atoms with van der Waals surface area (Å²) in [7, 11) is 2.18. The number of likely N-dealkylation sites (tertiary alicyclic amines) is 1. The second-order valence-electron chi connectivity index (χ2n) is 13.1. The van der Waals surface area contributed by atoms with Crippen LogP contribution in [0.25, 0.3) is 10.4 Å². The molecule has 2 aromatic heterocycles. The molecule has 46 heavy (non-hydrogen) atoms. The van der Waals surface area contributed by atoms with Crippen LogP contribution in [-0.4, -0.2) is 76.6 Å². The summed E-state index contributed by atoms with van der Waals surface area (Å²) in [6.07, 6.45) is 4.63. The van der Waals surface area contributed by atoms with Crippen molar-refractivity contribution in [2.45, 2.75) is 76.3 Å². The van der Waals surface area contributed by atoms with Crippen molar-refractivity contribution in [3.63, 3.8) is 0 Å². The van der Waals surface area contributed by atoms with Gasteiger partial charge in [0.25, 0.3) is 5.91 Å². The molecule has 3 aromatic rings. The van der Waals surface area contributed by atoms with Crippen LogP contribution in [-0.2, 0) is 9.53 Å². The van der Waals surface area contributed by atoms with E-state index in [1.165, 1.54) is 33.1 Å². The summed E-state index contributed by atoms with van der Waals surface area (Å²) in [5, 5.41) is 22.3. The summed E-state index contributed by atoms with van der Waals surface area (Å²) >= 11 is 1.33. The van der Waals surface area contributed by atoms with Crippen LogP contribution in [0.5, 0.6) is 0 Å². The maximum absolute atomic E-state index is 14.4. The van der Waals surface area contributed by atoms with Gasteiger partial charge in [0.1, 0.15) is 23.0 Å². The Morgan fingerprint density at radius 2 is 1.83 bits per heavy atom. The van der Waals surface area contributed by atoms with E-state index in [0.29, 0.717) is 16.5 Å². The van der Waals surface area contributed by atoms with Gasteiger partial charge in [0.05, 0.1) is 38.5 Å². The number of thiophene rings is 1. The minimum Gasteiger partial charge on any atom is -0.394 e. The highest BCUT2D eigenvalue weighted by atomic mass is 32.1. The fourth-order valence-electron chi connectivity index (χ4n) is 6.95. The van der Waals surface area contributed by atoms with E-state index in [-0.39, 0.29) is 36.7 Å². The fraction of sp³-hybridized carbons (Fsp3) is 0.529. The minimum atomic E-state index is -0.897. The number of hydrogen-bond donors (Lipinski definition) is 4. The minimum absolute atomic E-state index is 0.00751. The summed E-state index contributed by atoms with van der Waals surface area (Å²) in [6, 6.07) is 13.3. The fourth-order valence-corrected chi connectivity index (χ4v) is 8.00. The van der Waals surface area contributed by atoms with Crippen LogP contribution in [0.3, 0.4) is 0 Å². The van der Waals surface area contributed by atoms with E-state index in [1.807, 2.05) is 41.3 Å². The third kappa shape index (κ3) is 6.96. The van der Waals surface area contributed by atoms with E-state index in [9.17, 15) is 24.6 Å². The third-order valence-electron chi connectivity index (χ3n) is 9.78. The number of nitrogens with zero attached hydrogens (tertiary/aromatic N) is 3. The quantitative estimate of drug-likeness (QED) is 0.294. The molecule has 2 amide bonds. The number of amides is 2. The Labute approximate surface area is 272 Å². The number of ether oxygens (including phenoxy) is 1. The number of rotatable bonds is 8. The lowest BCUT2D eigenvalue weighted by Crippen LogP contribution is -3.10. The molecule has 0 unspecified atom stereocenters. The lowest BCUT2D eigenvalue weighted by molar-refractivity contribution is -0.884. The average molecular weight is 651 g/mol. The molecule has 0 spiro atoms. The maximum atomic E-state index is 14.4. The summed E-state index contributed by atoms with van der Waals surface area (Å²) in [5.74, 6) is 0.277. The number of quaternary nitrogens is 1. The Hall–Kier alpha value is -3.42. The molecule has 4 N–H and O–H groups in total. The van der Waals surface area contributed by atoms with Gasteiger partial charge in [0, 0.05) is 42.3 Å². The molecule has 3 fully saturated rings. The number of anilines is 2. The van der Waals surface area contributed by atoms with Crippen molar-refractivity contribution >= 4 is 34.7 Å². The van der Waals surface area contributed by atoms with Crippen molar-refractivity contribution in [2.75, 3.05) is 37.0 Å². The van der Waals surface area contributed by atoms with Crippen LogP contribution in [0.2, 0.25) is 0 Å². The number of aromatic nitrogens is 2. The second kappa shape index (κ2) is 14.1. The molecule has 0 bridgehead atoms. The topological polar surface area (TPSA) is 138 Å². The monoisotopic (exact) mass is 650 g/mol. The zero-order valence-electron chi connectivity index (χ0n) is 26.4. The summed E-state index contributed by atoms with van der Waals surface area (Å²) < 4.78 is 6.85. The van der Waals surface area contributed by atoms with Gasteiger partial charge in [0.2, 0.25) is 5.91 Å². The van der Waals surface area contributed by atoms with E-state index < -0.39 is 30.0 Å². The molecule has 4 heterocycles. The number of carbonyl (C=O) groups excluding carboxylic acids is 2. The highest BCUT2D eigenvalue weighted by Gasteiger charge is 2.38. The van der Waals surface area contributed by atoms with Gasteiger partial charge in [-0.05, 0) is 49.3 Å². The van der Waals surface area contributed by atoms with Crippen LogP contribution >= 0.6 is 11.3 Å². The van der Waals surface area contributed by atoms with Crippen LogP contribution in [0.15, 0.2) is 53.5 Å². The number of carbonyl (C=O) groups is 2. The smallest absolute Gasteiger partial charge is 0.351 e. The summed E-state index contributed by atoms with van der Waals surface area (Å²) in [4.78, 5) is 50.2. The molecule has 6 rings (SSSR count). The van der Waals surface area contributed by atoms with Crippen molar-refractivity contribution < 1.29 is 29.4 Å². The first-order valence-electron chi connectivity index (χ1n) is 16.4. The van der Waals surface area contributed by atoms with E-state index in [2.05, 4.69) is 24.3 Å². The normalized spacial score (nSPS) is 28.1. The van der Waals surface area contributed by atoms with Crippen molar-refractivity contribution in [3.05, 3.63) is 64.0 Å². The van der Waals surface area contributed by atoms with E-state index in [0.717, 1.165) is 62.1 Å². The number of aliphatic hydroxyl groups is 2. The summed E-state index contributed by atoms with van der Waals surface area (Å²) in [6.45, 7) is 3.79. The van der Waals surface area contributed by atoms with Gasteiger partial charge >= 0.3 is 5.69 Å². The first-order valence-corrected chi connectivity index (χ1v) is 17.2. The molecular weight excluding hydrogens is 606 g/mol. The number of nitrogens with one attached hydrogen (secondary N) is 2. The van der Waals surface area contributed by atoms with Crippen molar-refractivity contribution in [3.8, 4) is 10.4 Å². The zero-order chi connectivity index (χ0) is 32.4. The molecule has 11 nitrogen and oxygen atoms in total. The van der Waals surface area contributed by atoms with Gasteiger partial charge in [0.15, 0.2) is 0 Å².